The Morgan fingerprint density at radius 3 is 3.04 bits per heavy atom. The minimum atomic E-state index is -0.0857. The van der Waals surface area contributed by atoms with Gasteiger partial charge in [0.05, 0.1) is 6.10 Å². The number of carbonyl (C=O) groups is 1. The van der Waals surface area contributed by atoms with Gasteiger partial charge in [0.1, 0.15) is 12.4 Å². The minimum absolute atomic E-state index is 0.0857. The summed E-state index contributed by atoms with van der Waals surface area (Å²) in [5, 5.41) is 4.20. The molecule has 1 fully saturated rings. The van der Waals surface area contributed by atoms with Gasteiger partial charge in [0, 0.05) is 35.8 Å². The van der Waals surface area contributed by atoms with Gasteiger partial charge < -0.3 is 19.8 Å². The van der Waals surface area contributed by atoms with Crippen molar-refractivity contribution in [1.82, 2.24) is 10.3 Å². The van der Waals surface area contributed by atoms with E-state index in [-0.39, 0.29) is 12.0 Å². The number of hydrogen-bond acceptors (Lipinski definition) is 3. The van der Waals surface area contributed by atoms with E-state index >= 15 is 0 Å². The average molecular weight is 364 g/mol. The van der Waals surface area contributed by atoms with Gasteiger partial charge in [0.15, 0.2) is 0 Å². The lowest BCUT2D eigenvalue weighted by Crippen LogP contribution is -2.25. The van der Waals surface area contributed by atoms with Gasteiger partial charge in [-0.05, 0) is 49.1 Å². The molecular weight excluding hydrogens is 340 g/mol. The fourth-order valence-electron chi connectivity index (χ4n) is 3.44. The van der Waals surface area contributed by atoms with Gasteiger partial charge in [-0.15, -0.1) is 0 Å². The first kappa shape index (κ1) is 17.6. The zero-order valence-electron chi connectivity index (χ0n) is 15.2. The lowest BCUT2D eigenvalue weighted by molar-refractivity contribution is 0.0679. The number of para-hydroxylation sites is 1. The Hall–Kier alpha value is -2.79. The van der Waals surface area contributed by atoms with Crippen molar-refractivity contribution in [3.8, 4) is 5.75 Å². The third-order valence-electron chi connectivity index (χ3n) is 4.91. The highest BCUT2D eigenvalue weighted by atomic mass is 16.5. The van der Waals surface area contributed by atoms with E-state index in [1.165, 1.54) is 10.9 Å². The molecule has 2 aromatic carbocycles. The van der Waals surface area contributed by atoms with Crippen molar-refractivity contribution < 1.29 is 14.3 Å². The van der Waals surface area contributed by atoms with Crippen LogP contribution in [0.2, 0.25) is 0 Å². The molecule has 3 aromatic rings. The summed E-state index contributed by atoms with van der Waals surface area (Å²) in [6.07, 6.45) is 5.08. The summed E-state index contributed by atoms with van der Waals surface area (Å²) >= 11 is 0. The van der Waals surface area contributed by atoms with E-state index in [4.69, 9.17) is 9.47 Å². The van der Waals surface area contributed by atoms with Crippen molar-refractivity contribution in [2.45, 2.75) is 25.4 Å². The number of nitrogens with one attached hydrogen (secondary N) is 2. The van der Waals surface area contributed by atoms with Crippen molar-refractivity contribution in [3.05, 3.63) is 65.9 Å². The topological polar surface area (TPSA) is 63.4 Å². The molecule has 1 aromatic heterocycles. The summed E-state index contributed by atoms with van der Waals surface area (Å²) in [4.78, 5) is 15.7. The Bertz CT molecular complexity index is 913. The molecule has 4 rings (SSSR count). The van der Waals surface area contributed by atoms with Gasteiger partial charge in [-0.3, -0.25) is 4.79 Å². The Morgan fingerprint density at radius 2 is 2.15 bits per heavy atom. The standard InChI is InChI=1S/C22H24N2O3/c25-22(23-11-10-17-14-24-21-9-2-1-8-20(17)21)16-5-3-6-18(13-16)27-15-19-7-4-12-26-19/h1-3,5-6,8-9,13-14,19,24H,4,7,10-12,15H2,(H,23,25). The number of fused-ring (bicyclic) bond motifs is 1. The zero-order valence-corrected chi connectivity index (χ0v) is 15.2. The molecule has 1 saturated heterocycles. The molecule has 1 atom stereocenters. The molecule has 2 N–H and O–H groups in total. The Kier molecular flexibility index (Phi) is 5.39. The molecule has 0 saturated carbocycles. The molecule has 5 heteroatoms. The highest BCUT2D eigenvalue weighted by Gasteiger charge is 2.16. The van der Waals surface area contributed by atoms with E-state index in [0.717, 1.165) is 31.4 Å². The molecule has 1 unspecified atom stereocenters. The molecule has 0 radical (unpaired) electrons. The molecule has 0 aliphatic carbocycles. The summed E-state index contributed by atoms with van der Waals surface area (Å²) < 4.78 is 11.3. The Balaban J connectivity index is 1.30. The van der Waals surface area contributed by atoms with Crippen molar-refractivity contribution in [2.75, 3.05) is 19.8 Å². The lowest BCUT2D eigenvalue weighted by atomic mass is 10.1. The van der Waals surface area contributed by atoms with Crippen LogP contribution in [0.15, 0.2) is 54.7 Å². The highest BCUT2D eigenvalue weighted by molar-refractivity contribution is 5.94. The molecule has 5 nitrogen and oxygen atoms in total. The van der Waals surface area contributed by atoms with E-state index < -0.39 is 0 Å². The molecule has 1 aliphatic heterocycles. The van der Waals surface area contributed by atoms with E-state index in [0.29, 0.717) is 24.5 Å². The number of hydrogen-bond donors (Lipinski definition) is 2. The van der Waals surface area contributed by atoms with E-state index in [1.54, 1.807) is 12.1 Å². The number of H-pyrrole nitrogens is 1. The molecule has 140 valence electrons. The number of ether oxygens (including phenoxy) is 2. The van der Waals surface area contributed by atoms with Gasteiger partial charge in [0.2, 0.25) is 0 Å². The van der Waals surface area contributed by atoms with Crippen LogP contribution >= 0.6 is 0 Å². The maximum absolute atomic E-state index is 12.5. The smallest absolute Gasteiger partial charge is 0.251 e. The average Bonchev–Trinajstić information content (AvgIpc) is 3.37. The first-order chi connectivity index (χ1) is 13.3. The van der Waals surface area contributed by atoms with E-state index in [1.807, 2.05) is 30.5 Å². The van der Waals surface area contributed by atoms with Crippen LogP contribution in [0.1, 0.15) is 28.8 Å². The van der Waals surface area contributed by atoms with Crippen molar-refractivity contribution in [2.24, 2.45) is 0 Å². The van der Waals surface area contributed by atoms with Crippen LogP contribution in [0.4, 0.5) is 0 Å². The van der Waals surface area contributed by atoms with Crippen LogP contribution in [0.5, 0.6) is 5.75 Å². The number of carbonyl (C=O) groups excluding carboxylic acids is 1. The van der Waals surface area contributed by atoms with Crippen LogP contribution in [0, 0.1) is 0 Å². The van der Waals surface area contributed by atoms with Crippen LogP contribution < -0.4 is 10.1 Å². The first-order valence-electron chi connectivity index (χ1n) is 9.47. The van der Waals surface area contributed by atoms with Gasteiger partial charge >= 0.3 is 0 Å². The molecule has 1 amide bonds. The molecular formula is C22H24N2O3. The largest absolute Gasteiger partial charge is 0.491 e. The van der Waals surface area contributed by atoms with Crippen molar-refractivity contribution in [1.29, 1.82) is 0 Å². The zero-order chi connectivity index (χ0) is 18.5. The van der Waals surface area contributed by atoms with Crippen LogP contribution in [-0.4, -0.2) is 36.8 Å². The van der Waals surface area contributed by atoms with E-state index in [2.05, 4.69) is 22.4 Å². The summed E-state index contributed by atoms with van der Waals surface area (Å²) in [5.41, 5.74) is 2.94. The predicted molar refractivity (Wildman–Crippen MR) is 105 cm³/mol. The quantitative estimate of drug-likeness (QED) is 0.672. The Morgan fingerprint density at radius 1 is 1.22 bits per heavy atom. The monoisotopic (exact) mass is 364 g/mol. The number of aromatic nitrogens is 1. The van der Waals surface area contributed by atoms with Gasteiger partial charge in [0.25, 0.3) is 5.91 Å². The normalized spacial score (nSPS) is 16.5. The number of aromatic amines is 1. The van der Waals surface area contributed by atoms with Gasteiger partial charge in [-0.25, -0.2) is 0 Å². The maximum Gasteiger partial charge on any atom is 0.251 e. The first-order valence-corrected chi connectivity index (χ1v) is 9.47. The summed E-state index contributed by atoms with van der Waals surface area (Å²) in [5.74, 6) is 0.618. The third kappa shape index (κ3) is 4.31. The second kappa shape index (κ2) is 8.27. The molecule has 0 spiro atoms. The number of benzene rings is 2. The third-order valence-corrected chi connectivity index (χ3v) is 4.91. The number of amides is 1. The predicted octanol–water partition coefficient (Wildman–Crippen LogP) is 3.70. The maximum atomic E-state index is 12.5. The van der Waals surface area contributed by atoms with Crippen LogP contribution in [0.3, 0.4) is 0 Å². The molecule has 1 aliphatic rings. The molecule has 0 bridgehead atoms. The second-order valence-corrected chi connectivity index (χ2v) is 6.84. The second-order valence-electron chi connectivity index (χ2n) is 6.84. The fourth-order valence-corrected chi connectivity index (χ4v) is 3.44. The van der Waals surface area contributed by atoms with Crippen LogP contribution in [-0.2, 0) is 11.2 Å². The summed E-state index contributed by atoms with van der Waals surface area (Å²) in [6.45, 7) is 1.93. The summed E-state index contributed by atoms with van der Waals surface area (Å²) in [6, 6.07) is 15.5. The van der Waals surface area contributed by atoms with Gasteiger partial charge in [-0.2, -0.15) is 0 Å². The fraction of sp³-hybridized carbons (Fsp3) is 0.318. The van der Waals surface area contributed by atoms with Gasteiger partial charge in [-0.1, -0.05) is 24.3 Å². The highest BCUT2D eigenvalue weighted by Crippen LogP contribution is 2.19. The molecule has 2 heterocycles. The van der Waals surface area contributed by atoms with Crippen molar-refractivity contribution in [3.63, 3.8) is 0 Å². The van der Waals surface area contributed by atoms with Crippen LogP contribution in [0.25, 0.3) is 10.9 Å². The SMILES string of the molecule is O=C(NCCc1c[nH]c2ccccc12)c1cccc(OCC2CCCO2)c1. The summed E-state index contributed by atoms with van der Waals surface area (Å²) in [7, 11) is 0. The minimum Gasteiger partial charge on any atom is -0.491 e. The lowest BCUT2D eigenvalue weighted by Gasteiger charge is -2.12. The Labute approximate surface area is 158 Å². The molecule has 27 heavy (non-hydrogen) atoms. The number of rotatable bonds is 7. The van der Waals surface area contributed by atoms with E-state index in [9.17, 15) is 4.79 Å². The van der Waals surface area contributed by atoms with Crippen molar-refractivity contribution >= 4 is 16.8 Å².